The van der Waals surface area contributed by atoms with Crippen LogP contribution in [0.2, 0.25) is 0 Å². The van der Waals surface area contributed by atoms with E-state index >= 15 is 4.39 Å². The number of rotatable bonds is 4. The molecular weight excluding hydrogens is 598 g/mol. The molecule has 238 valence electrons. The second kappa shape index (κ2) is 10.2. The van der Waals surface area contributed by atoms with Crippen LogP contribution in [0.3, 0.4) is 0 Å². The molecule has 47 heavy (non-hydrogen) atoms. The lowest BCUT2D eigenvalue weighted by atomic mass is 9.89. The Balaban J connectivity index is 1.26. The Morgan fingerprint density at radius 3 is 2.87 bits per heavy atom. The third kappa shape index (κ3) is 4.09. The molecule has 5 aliphatic heterocycles. The Morgan fingerprint density at radius 1 is 1.15 bits per heavy atom. The molecule has 0 amide bonds. The van der Waals surface area contributed by atoms with Crippen molar-refractivity contribution in [3.8, 4) is 35.5 Å². The minimum absolute atomic E-state index is 0.0245. The van der Waals surface area contributed by atoms with Gasteiger partial charge in [-0.25, -0.2) is 13.8 Å². The SMILES string of the molecule is C#Cc1c(F)ccc2cccc(-c3nc4c5c(nc(OCC67CC(=C)CN6CCC7=C)nc5c3F)N3C[C@H]5CC[C@H](N5)[C@H]3[C@H](C)O4)c12. The summed E-state index contributed by atoms with van der Waals surface area (Å²) in [6.07, 6.45) is 9.16. The average molecular weight is 633 g/mol. The van der Waals surface area contributed by atoms with Gasteiger partial charge in [-0.3, -0.25) is 4.90 Å². The van der Waals surface area contributed by atoms with E-state index in [0.717, 1.165) is 49.9 Å². The zero-order chi connectivity index (χ0) is 32.2. The third-order valence-corrected chi connectivity index (χ3v) is 11.0. The van der Waals surface area contributed by atoms with Crippen LogP contribution in [0.15, 0.2) is 54.6 Å². The summed E-state index contributed by atoms with van der Waals surface area (Å²) in [4.78, 5) is 19.1. The van der Waals surface area contributed by atoms with Crippen LogP contribution < -0.4 is 19.7 Å². The highest BCUT2D eigenvalue weighted by Gasteiger charge is 2.50. The molecule has 5 atom stereocenters. The Bertz CT molecular complexity index is 2090. The Labute approximate surface area is 271 Å². The average Bonchev–Trinajstić information content (AvgIpc) is 3.68. The number of hydrogen-bond acceptors (Lipinski definition) is 8. The molecule has 8 nitrogen and oxygen atoms in total. The van der Waals surface area contributed by atoms with Crippen molar-refractivity contribution in [3.05, 3.63) is 71.8 Å². The van der Waals surface area contributed by atoms with E-state index in [2.05, 4.69) is 34.2 Å². The van der Waals surface area contributed by atoms with Crippen molar-refractivity contribution in [1.29, 1.82) is 0 Å². The molecule has 4 fully saturated rings. The number of aromatic nitrogens is 3. The summed E-state index contributed by atoms with van der Waals surface area (Å²) in [6, 6.07) is 8.71. The largest absolute Gasteiger partial charge is 0.472 e. The predicted molar refractivity (Wildman–Crippen MR) is 177 cm³/mol. The summed E-state index contributed by atoms with van der Waals surface area (Å²) < 4.78 is 45.2. The number of halogens is 2. The number of ether oxygens (including phenoxy) is 2. The number of anilines is 1. The maximum absolute atomic E-state index is 17.1. The van der Waals surface area contributed by atoms with E-state index in [4.69, 9.17) is 30.8 Å². The molecule has 10 heteroatoms. The summed E-state index contributed by atoms with van der Waals surface area (Å²) in [6.45, 7) is 13.3. The van der Waals surface area contributed by atoms with E-state index in [1.807, 2.05) is 13.0 Å². The molecule has 5 aliphatic rings. The summed E-state index contributed by atoms with van der Waals surface area (Å²) >= 11 is 0. The van der Waals surface area contributed by atoms with Crippen molar-refractivity contribution in [2.75, 3.05) is 31.1 Å². The molecule has 4 aromatic rings. The molecule has 2 aromatic carbocycles. The van der Waals surface area contributed by atoms with Crippen molar-refractivity contribution >= 4 is 27.5 Å². The van der Waals surface area contributed by atoms with Crippen molar-refractivity contribution < 1.29 is 18.3 Å². The van der Waals surface area contributed by atoms with Gasteiger partial charge in [0.2, 0.25) is 5.88 Å². The maximum Gasteiger partial charge on any atom is 0.319 e. The molecule has 2 aromatic heterocycles. The lowest BCUT2D eigenvalue weighted by Crippen LogP contribution is -2.62. The van der Waals surface area contributed by atoms with Crippen LogP contribution in [0.1, 0.15) is 38.2 Å². The van der Waals surface area contributed by atoms with E-state index in [0.29, 0.717) is 34.1 Å². The molecule has 0 saturated carbocycles. The fraction of sp³-hybridized carbons (Fsp3) is 0.378. The van der Waals surface area contributed by atoms with Crippen LogP contribution in [0, 0.1) is 24.0 Å². The van der Waals surface area contributed by atoms with Gasteiger partial charge in [-0.15, -0.1) is 6.42 Å². The minimum Gasteiger partial charge on any atom is -0.472 e. The number of benzene rings is 2. The first-order valence-electron chi connectivity index (χ1n) is 16.3. The fourth-order valence-corrected chi connectivity index (χ4v) is 8.80. The molecular formula is C37H34F2N6O2. The first-order valence-corrected chi connectivity index (χ1v) is 16.3. The zero-order valence-electron chi connectivity index (χ0n) is 26.2. The van der Waals surface area contributed by atoms with Crippen molar-refractivity contribution in [1.82, 2.24) is 25.2 Å². The molecule has 1 N–H and O–H groups in total. The first-order chi connectivity index (χ1) is 22.8. The Kier molecular flexibility index (Phi) is 6.21. The highest BCUT2D eigenvalue weighted by Crippen LogP contribution is 2.47. The molecule has 7 heterocycles. The van der Waals surface area contributed by atoms with E-state index in [9.17, 15) is 4.39 Å². The van der Waals surface area contributed by atoms with Gasteiger partial charge < -0.3 is 19.7 Å². The quantitative estimate of drug-likeness (QED) is 0.233. The third-order valence-electron chi connectivity index (χ3n) is 11.0. The van der Waals surface area contributed by atoms with E-state index in [-0.39, 0.29) is 65.0 Å². The van der Waals surface area contributed by atoms with E-state index < -0.39 is 11.6 Å². The Morgan fingerprint density at radius 2 is 2.02 bits per heavy atom. The van der Waals surface area contributed by atoms with Crippen LogP contribution in [-0.4, -0.2) is 75.9 Å². The summed E-state index contributed by atoms with van der Waals surface area (Å²) in [5.41, 5.74) is 2.26. The molecule has 9 rings (SSSR count). The number of hydrogen-bond donors (Lipinski definition) is 1. The predicted octanol–water partition coefficient (Wildman–Crippen LogP) is 5.53. The molecule has 0 spiro atoms. The van der Waals surface area contributed by atoms with Gasteiger partial charge >= 0.3 is 6.01 Å². The fourth-order valence-electron chi connectivity index (χ4n) is 8.80. The van der Waals surface area contributed by atoms with Gasteiger partial charge in [0.25, 0.3) is 0 Å². The van der Waals surface area contributed by atoms with Gasteiger partial charge in [-0.05, 0) is 44.1 Å². The number of fused-ring (bicyclic) bond motifs is 7. The highest BCUT2D eigenvalue weighted by molar-refractivity contribution is 6.03. The molecule has 4 saturated heterocycles. The number of nitrogens with one attached hydrogen (secondary N) is 1. The van der Waals surface area contributed by atoms with Gasteiger partial charge in [-0.1, -0.05) is 54.5 Å². The molecule has 1 unspecified atom stereocenters. The smallest absolute Gasteiger partial charge is 0.319 e. The van der Waals surface area contributed by atoms with Crippen molar-refractivity contribution in [2.45, 2.75) is 62.4 Å². The number of pyridine rings is 1. The number of nitrogens with zero attached hydrogens (tertiary/aromatic N) is 5. The lowest BCUT2D eigenvalue weighted by molar-refractivity contribution is 0.130. The number of piperazine rings is 1. The van der Waals surface area contributed by atoms with Crippen molar-refractivity contribution in [3.63, 3.8) is 0 Å². The van der Waals surface area contributed by atoms with Gasteiger partial charge in [0, 0.05) is 42.7 Å². The summed E-state index contributed by atoms with van der Waals surface area (Å²) in [7, 11) is 0. The monoisotopic (exact) mass is 632 g/mol. The zero-order valence-corrected chi connectivity index (χ0v) is 26.2. The Hall–Kier alpha value is -4.59. The van der Waals surface area contributed by atoms with Crippen LogP contribution in [-0.2, 0) is 0 Å². The summed E-state index contributed by atoms with van der Waals surface area (Å²) in [5.74, 6) is 2.00. The van der Waals surface area contributed by atoms with Gasteiger partial charge in [0.15, 0.2) is 5.82 Å². The number of terminal acetylenes is 1. The summed E-state index contributed by atoms with van der Waals surface area (Å²) in [5, 5.41) is 5.21. The second-order valence-corrected chi connectivity index (χ2v) is 13.6. The lowest BCUT2D eigenvalue weighted by Gasteiger charge is -2.42. The van der Waals surface area contributed by atoms with Crippen LogP contribution in [0.4, 0.5) is 14.6 Å². The molecule has 0 radical (unpaired) electrons. The minimum atomic E-state index is -0.677. The van der Waals surface area contributed by atoms with Crippen LogP contribution in [0.5, 0.6) is 11.9 Å². The maximum atomic E-state index is 17.1. The topological polar surface area (TPSA) is 75.6 Å². The normalized spacial score (nSPS) is 27.9. The highest BCUT2D eigenvalue weighted by atomic mass is 19.1. The van der Waals surface area contributed by atoms with Gasteiger partial charge in [0.05, 0.1) is 17.1 Å². The van der Waals surface area contributed by atoms with E-state index in [1.165, 1.54) is 6.07 Å². The molecule has 2 bridgehead atoms. The van der Waals surface area contributed by atoms with Gasteiger partial charge in [0.1, 0.15) is 40.9 Å². The van der Waals surface area contributed by atoms with Gasteiger partial charge in [-0.2, -0.15) is 9.97 Å². The standard InChI is InChI=1S/C37H34F2N6O2/c1-5-24-26(38)11-9-22-7-6-8-25(28(22)24)31-30(39)32-29-34(45-17-23-10-12-27(40-23)33(45)21(4)47-35(29)41-31)43-36(42-32)46-18-37-15-19(2)16-44(37)14-13-20(37)3/h1,6-9,11,21,23,27,33,40H,2-3,10,12-18H2,4H3/t21-,23+,27-,33+,37?/m0/s1. The molecule has 0 aliphatic carbocycles. The first kappa shape index (κ1) is 28.6. The second-order valence-electron chi connectivity index (χ2n) is 13.6. The van der Waals surface area contributed by atoms with Crippen LogP contribution in [0.25, 0.3) is 32.9 Å². The van der Waals surface area contributed by atoms with E-state index in [1.54, 1.807) is 18.2 Å². The van der Waals surface area contributed by atoms with Crippen LogP contribution >= 0.6 is 0 Å². The van der Waals surface area contributed by atoms with Crippen molar-refractivity contribution in [2.24, 2.45) is 0 Å².